The number of nitro groups is 2. The van der Waals surface area contributed by atoms with E-state index >= 15 is 0 Å². The van der Waals surface area contributed by atoms with Gasteiger partial charge in [0.15, 0.2) is 0 Å². The van der Waals surface area contributed by atoms with Crippen LogP contribution in [0.4, 0.5) is 11.4 Å². The Morgan fingerprint density at radius 2 is 1.52 bits per heavy atom. The smallest absolute Gasteiger partial charge is 0.270 e. The molecular weight excluding hydrogens is 378 g/mol. The van der Waals surface area contributed by atoms with Crippen molar-refractivity contribution >= 4 is 22.9 Å². The topological polar surface area (TPSA) is 154 Å². The zero-order valence-electron chi connectivity index (χ0n) is 15.2. The molecule has 0 aliphatic heterocycles. The number of nitro benzene ring substituents is 2. The first kappa shape index (κ1) is 19.2. The van der Waals surface area contributed by atoms with Crippen LogP contribution in [0.3, 0.4) is 0 Å². The number of hydrogen-bond donors (Lipinski definition) is 0. The summed E-state index contributed by atoms with van der Waals surface area (Å²) >= 11 is 0. The minimum atomic E-state index is -0.686. The third kappa shape index (κ3) is 2.95. The molecule has 0 radical (unpaired) electrons. The largest absolute Gasteiger partial charge is 0.345 e. The number of carbonyl (C=O) groups excluding carboxylic acids is 1. The number of amides is 1. The average molecular weight is 389 g/mol. The van der Waals surface area contributed by atoms with Crippen LogP contribution in [0, 0.1) is 42.9 Å². The highest BCUT2D eigenvalue weighted by atomic mass is 16.6. The molecule has 10 heteroatoms. The van der Waals surface area contributed by atoms with Crippen LogP contribution in [0.25, 0.3) is 16.7 Å². The molecule has 0 N–H and O–H groups in total. The van der Waals surface area contributed by atoms with E-state index in [-0.39, 0.29) is 39.1 Å². The van der Waals surface area contributed by atoms with Crippen molar-refractivity contribution in [3.63, 3.8) is 0 Å². The van der Waals surface area contributed by atoms with Crippen molar-refractivity contribution in [2.24, 2.45) is 0 Å². The number of carbonyl (C=O) groups is 1. The SMILES string of the molecule is CN(C)C(=O)c1cc([N+](=O)[O-])cc2c1-c1ccc([N+](=O)[O-])cc1C2=C(C#N)C#N. The predicted molar refractivity (Wildman–Crippen MR) is 100 cm³/mol. The standard InChI is InChI=1S/C19H11N5O5/c1-22(2)19(25)16-7-12(24(28)29)6-15-17(10(8-20)9-21)14-5-11(23(26)27)3-4-13(14)18(15)16/h3-7H,1-2H3. The van der Waals surface area contributed by atoms with E-state index in [0.29, 0.717) is 5.56 Å². The van der Waals surface area contributed by atoms with Crippen molar-refractivity contribution in [1.29, 1.82) is 10.5 Å². The van der Waals surface area contributed by atoms with E-state index in [2.05, 4.69) is 0 Å². The van der Waals surface area contributed by atoms with Crippen LogP contribution in [-0.2, 0) is 0 Å². The molecule has 2 aromatic carbocycles. The Morgan fingerprint density at radius 3 is 2.03 bits per heavy atom. The lowest BCUT2D eigenvalue weighted by atomic mass is 9.96. The number of rotatable bonds is 3. The lowest BCUT2D eigenvalue weighted by Crippen LogP contribution is -2.22. The third-order valence-electron chi connectivity index (χ3n) is 4.47. The zero-order valence-corrected chi connectivity index (χ0v) is 15.2. The molecule has 142 valence electrons. The van der Waals surface area contributed by atoms with Crippen LogP contribution in [0.2, 0.25) is 0 Å². The Hall–Kier alpha value is -4.57. The molecule has 0 heterocycles. The molecule has 0 bridgehead atoms. The first-order valence-corrected chi connectivity index (χ1v) is 8.09. The highest BCUT2D eigenvalue weighted by Gasteiger charge is 2.34. The summed E-state index contributed by atoms with van der Waals surface area (Å²) in [5.74, 6) is -0.522. The van der Waals surface area contributed by atoms with Gasteiger partial charge < -0.3 is 4.90 Å². The van der Waals surface area contributed by atoms with Gasteiger partial charge in [0.05, 0.1) is 15.4 Å². The summed E-state index contributed by atoms with van der Waals surface area (Å²) in [6.45, 7) is 0. The monoisotopic (exact) mass is 389 g/mol. The Kier molecular flexibility index (Phi) is 4.55. The molecule has 1 amide bonds. The van der Waals surface area contributed by atoms with Crippen molar-refractivity contribution in [2.45, 2.75) is 0 Å². The van der Waals surface area contributed by atoms with Crippen molar-refractivity contribution in [3.8, 4) is 23.3 Å². The maximum Gasteiger partial charge on any atom is 0.270 e. The molecule has 0 saturated carbocycles. The molecule has 1 aliphatic rings. The van der Waals surface area contributed by atoms with Gasteiger partial charge in [0, 0.05) is 49.5 Å². The summed E-state index contributed by atoms with van der Waals surface area (Å²) in [5.41, 5.74) is -0.0169. The number of hydrogen-bond acceptors (Lipinski definition) is 7. The molecule has 0 atom stereocenters. The van der Waals surface area contributed by atoms with Crippen LogP contribution in [0.5, 0.6) is 0 Å². The van der Waals surface area contributed by atoms with E-state index in [0.717, 1.165) is 12.1 Å². The lowest BCUT2D eigenvalue weighted by molar-refractivity contribution is -0.385. The second-order valence-corrected chi connectivity index (χ2v) is 6.33. The van der Waals surface area contributed by atoms with Gasteiger partial charge in [0.25, 0.3) is 17.3 Å². The minimum absolute atomic E-state index is 0.000433. The van der Waals surface area contributed by atoms with Gasteiger partial charge in [-0.2, -0.15) is 10.5 Å². The second-order valence-electron chi connectivity index (χ2n) is 6.33. The molecule has 0 unspecified atom stereocenters. The number of nitrogens with zero attached hydrogens (tertiary/aromatic N) is 5. The van der Waals surface area contributed by atoms with Crippen LogP contribution < -0.4 is 0 Å². The molecule has 1 aliphatic carbocycles. The summed E-state index contributed by atoms with van der Waals surface area (Å²) in [5, 5.41) is 41.4. The van der Waals surface area contributed by atoms with E-state index in [1.54, 1.807) is 12.1 Å². The maximum absolute atomic E-state index is 12.7. The molecule has 0 aromatic heterocycles. The van der Waals surface area contributed by atoms with Crippen molar-refractivity contribution in [1.82, 2.24) is 4.90 Å². The first-order chi connectivity index (χ1) is 13.7. The molecule has 10 nitrogen and oxygen atoms in total. The Balaban J connectivity index is 2.53. The normalized spacial score (nSPS) is 11.0. The molecular formula is C19H11N5O5. The van der Waals surface area contributed by atoms with Crippen LogP contribution >= 0.6 is 0 Å². The molecule has 3 rings (SSSR count). The van der Waals surface area contributed by atoms with Gasteiger partial charge in [-0.3, -0.25) is 25.0 Å². The Labute approximate surface area is 163 Å². The Morgan fingerprint density at radius 1 is 0.931 bits per heavy atom. The lowest BCUT2D eigenvalue weighted by Gasteiger charge is -2.14. The molecule has 0 fully saturated rings. The minimum Gasteiger partial charge on any atom is -0.345 e. The van der Waals surface area contributed by atoms with E-state index in [4.69, 9.17) is 0 Å². The number of benzene rings is 2. The summed E-state index contributed by atoms with van der Waals surface area (Å²) in [4.78, 5) is 35.3. The van der Waals surface area contributed by atoms with Crippen LogP contribution in [0.15, 0.2) is 35.9 Å². The van der Waals surface area contributed by atoms with Gasteiger partial charge in [-0.05, 0) is 22.8 Å². The number of nitriles is 2. The summed E-state index contributed by atoms with van der Waals surface area (Å²) in [7, 11) is 2.96. The van der Waals surface area contributed by atoms with Crippen molar-refractivity contribution in [3.05, 3.63) is 72.8 Å². The number of non-ortho nitro benzene ring substituents is 2. The molecule has 0 spiro atoms. The summed E-state index contributed by atoms with van der Waals surface area (Å²) in [6.07, 6.45) is 0. The van der Waals surface area contributed by atoms with Crippen molar-refractivity contribution in [2.75, 3.05) is 14.1 Å². The summed E-state index contributed by atoms with van der Waals surface area (Å²) < 4.78 is 0. The second kappa shape index (κ2) is 6.87. The van der Waals surface area contributed by atoms with E-state index in [9.17, 15) is 35.5 Å². The van der Waals surface area contributed by atoms with Gasteiger partial charge in [-0.15, -0.1) is 0 Å². The fraction of sp³-hybridized carbons (Fsp3) is 0.105. The van der Waals surface area contributed by atoms with Crippen LogP contribution in [-0.4, -0.2) is 34.7 Å². The number of allylic oxidation sites excluding steroid dienone is 1. The van der Waals surface area contributed by atoms with Crippen LogP contribution in [0.1, 0.15) is 21.5 Å². The van der Waals surface area contributed by atoms with E-state index in [1.165, 1.54) is 37.2 Å². The first-order valence-electron chi connectivity index (χ1n) is 8.09. The quantitative estimate of drug-likeness (QED) is 0.379. The predicted octanol–water partition coefficient (Wildman–Crippen LogP) is 3.03. The van der Waals surface area contributed by atoms with Gasteiger partial charge >= 0.3 is 0 Å². The zero-order chi connectivity index (χ0) is 21.5. The van der Waals surface area contributed by atoms with E-state index in [1.807, 2.05) is 0 Å². The van der Waals surface area contributed by atoms with Crippen molar-refractivity contribution < 1.29 is 14.6 Å². The number of fused-ring (bicyclic) bond motifs is 3. The molecule has 2 aromatic rings. The molecule has 0 saturated heterocycles. The highest BCUT2D eigenvalue weighted by molar-refractivity contribution is 6.12. The maximum atomic E-state index is 12.7. The summed E-state index contributed by atoms with van der Waals surface area (Å²) in [6, 6.07) is 9.57. The van der Waals surface area contributed by atoms with Gasteiger partial charge in [0.1, 0.15) is 17.7 Å². The highest BCUT2D eigenvalue weighted by Crippen LogP contribution is 2.49. The third-order valence-corrected chi connectivity index (χ3v) is 4.47. The average Bonchev–Trinajstić information content (AvgIpc) is 3.01. The fourth-order valence-corrected chi connectivity index (χ4v) is 3.25. The Bertz CT molecular complexity index is 1210. The van der Waals surface area contributed by atoms with Gasteiger partial charge in [-0.1, -0.05) is 0 Å². The van der Waals surface area contributed by atoms with E-state index < -0.39 is 21.4 Å². The molecule has 29 heavy (non-hydrogen) atoms. The fourth-order valence-electron chi connectivity index (χ4n) is 3.25. The van der Waals surface area contributed by atoms with Gasteiger partial charge in [0.2, 0.25) is 0 Å². The van der Waals surface area contributed by atoms with Gasteiger partial charge in [-0.25, -0.2) is 0 Å².